The minimum Gasteiger partial charge on any atom is -0.490 e. The Balaban J connectivity index is 2.21. The largest absolute Gasteiger partial charge is 0.490 e. The Morgan fingerprint density at radius 3 is 2.29 bits per heavy atom. The molecule has 1 nitrogen and oxygen atoms in total. The van der Waals surface area contributed by atoms with Gasteiger partial charge in [-0.3, -0.25) is 0 Å². The maximum absolute atomic E-state index is 5.82. The zero-order valence-corrected chi connectivity index (χ0v) is 16.4. The van der Waals surface area contributed by atoms with Crippen molar-refractivity contribution in [1.29, 1.82) is 0 Å². The van der Waals surface area contributed by atoms with Gasteiger partial charge in [0.15, 0.2) is 0 Å². The van der Waals surface area contributed by atoms with E-state index in [0.717, 1.165) is 26.6 Å². The van der Waals surface area contributed by atoms with Gasteiger partial charge >= 0.3 is 0 Å². The molecule has 0 amide bonds. The molecule has 0 saturated heterocycles. The van der Waals surface area contributed by atoms with Gasteiger partial charge in [0.25, 0.3) is 0 Å². The van der Waals surface area contributed by atoms with Crippen LogP contribution in [0.25, 0.3) is 0 Å². The second-order valence-electron chi connectivity index (χ2n) is 5.39. The fourth-order valence-corrected chi connectivity index (χ4v) is 3.28. The van der Waals surface area contributed by atoms with Crippen LogP contribution in [0.4, 0.5) is 0 Å². The van der Waals surface area contributed by atoms with Crippen LogP contribution in [0.2, 0.25) is 0 Å². The number of ether oxygens (including phenoxy) is 1. The lowest BCUT2D eigenvalue weighted by Crippen LogP contribution is -2.07. The van der Waals surface area contributed by atoms with Crippen molar-refractivity contribution in [3.63, 3.8) is 0 Å². The molecule has 0 aliphatic rings. The highest BCUT2D eigenvalue weighted by molar-refractivity contribution is 14.1. The molecule has 0 aliphatic heterocycles. The lowest BCUT2D eigenvalue weighted by atomic mass is 10.0. The molecule has 21 heavy (non-hydrogen) atoms. The van der Waals surface area contributed by atoms with E-state index in [4.69, 9.17) is 4.74 Å². The number of rotatable bonds is 5. The van der Waals surface area contributed by atoms with Gasteiger partial charge in [0.2, 0.25) is 0 Å². The molecule has 3 heteroatoms. The average Bonchev–Trinajstić information content (AvgIpc) is 2.44. The first kappa shape index (κ1) is 16.8. The molecule has 0 aliphatic carbocycles. The summed E-state index contributed by atoms with van der Waals surface area (Å²) in [5.74, 6) is 0.947. The summed E-state index contributed by atoms with van der Waals surface area (Å²) in [6.07, 6.45) is 2.21. The van der Waals surface area contributed by atoms with E-state index in [1.165, 1.54) is 16.7 Å². The lowest BCUT2D eigenvalue weighted by molar-refractivity contribution is 0.240. The topological polar surface area (TPSA) is 9.23 Å². The maximum Gasteiger partial charge on any atom is 0.134 e. The number of benzene rings is 2. The first-order chi connectivity index (χ1) is 9.99. The molecule has 2 aromatic rings. The molecule has 0 fully saturated rings. The summed E-state index contributed by atoms with van der Waals surface area (Å²) in [6.45, 7) is 6.28. The van der Waals surface area contributed by atoms with Crippen LogP contribution in [0, 0.1) is 3.57 Å². The van der Waals surface area contributed by atoms with Gasteiger partial charge < -0.3 is 4.74 Å². The van der Waals surface area contributed by atoms with Gasteiger partial charge in [-0.25, -0.2) is 0 Å². The van der Waals surface area contributed by atoms with Crippen LogP contribution in [0.3, 0.4) is 0 Å². The molecular formula is C18H20BrIO. The third-order valence-corrected chi connectivity index (χ3v) is 4.87. The molecule has 0 atom stereocenters. The fraction of sp³-hybridized carbons (Fsp3) is 0.333. The number of hydrogen-bond donors (Lipinski definition) is 0. The van der Waals surface area contributed by atoms with Crippen molar-refractivity contribution in [1.82, 2.24) is 0 Å². The van der Waals surface area contributed by atoms with E-state index in [1.807, 2.05) is 13.8 Å². The summed E-state index contributed by atoms with van der Waals surface area (Å²) < 4.78 is 8.09. The Morgan fingerprint density at radius 1 is 1.10 bits per heavy atom. The molecule has 0 aromatic heterocycles. The first-order valence-electron chi connectivity index (χ1n) is 7.22. The minimum absolute atomic E-state index is 0.192. The second kappa shape index (κ2) is 7.63. The Kier molecular flexibility index (Phi) is 6.11. The molecule has 0 spiro atoms. The van der Waals surface area contributed by atoms with Crippen molar-refractivity contribution in [3.8, 4) is 5.75 Å². The molecule has 0 radical (unpaired) electrons. The molecule has 0 N–H and O–H groups in total. The van der Waals surface area contributed by atoms with Crippen molar-refractivity contribution < 1.29 is 4.74 Å². The maximum atomic E-state index is 5.82. The summed E-state index contributed by atoms with van der Waals surface area (Å²) in [5.41, 5.74) is 4.01. The van der Waals surface area contributed by atoms with Gasteiger partial charge in [-0.1, -0.05) is 47.1 Å². The summed E-state index contributed by atoms with van der Waals surface area (Å²) >= 11 is 6.02. The summed E-state index contributed by atoms with van der Waals surface area (Å²) in [5, 5.41) is 0. The van der Waals surface area contributed by atoms with E-state index in [0.29, 0.717) is 0 Å². The zero-order valence-electron chi connectivity index (χ0n) is 12.6. The van der Waals surface area contributed by atoms with Crippen LogP contribution in [0.15, 0.2) is 40.9 Å². The molecule has 2 aromatic carbocycles. The van der Waals surface area contributed by atoms with E-state index in [2.05, 4.69) is 81.8 Å². The normalized spacial score (nSPS) is 11.0. The molecule has 2 rings (SSSR count). The zero-order chi connectivity index (χ0) is 15.4. The van der Waals surface area contributed by atoms with Gasteiger partial charge in [-0.05, 0) is 78.1 Å². The average molecular weight is 459 g/mol. The van der Waals surface area contributed by atoms with Crippen LogP contribution in [-0.4, -0.2) is 6.10 Å². The van der Waals surface area contributed by atoms with Crippen LogP contribution >= 0.6 is 38.5 Å². The smallest absolute Gasteiger partial charge is 0.134 e. The summed E-state index contributed by atoms with van der Waals surface area (Å²) in [7, 11) is 0. The molecule has 0 heterocycles. The van der Waals surface area contributed by atoms with Crippen molar-refractivity contribution in [2.75, 3.05) is 0 Å². The third-order valence-electron chi connectivity index (χ3n) is 3.29. The quantitative estimate of drug-likeness (QED) is 0.499. The standard InChI is InChI=1S/C18H20BrIO/c1-4-13-5-7-14(8-6-13)9-15-10-17(20)18(11-16(15)19)21-12(2)3/h5-8,10-12H,4,9H2,1-3H3. The molecule has 112 valence electrons. The van der Waals surface area contributed by atoms with E-state index in [1.54, 1.807) is 0 Å². The highest BCUT2D eigenvalue weighted by Gasteiger charge is 2.10. The number of hydrogen-bond acceptors (Lipinski definition) is 1. The van der Waals surface area contributed by atoms with E-state index in [9.17, 15) is 0 Å². The highest BCUT2D eigenvalue weighted by Crippen LogP contribution is 2.31. The molecule has 0 saturated carbocycles. The van der Waals surface area contributed by atoms with Crippen molar-refractivity contribution in [2.24, 2.45) is 0 Å². The van der Waals surface area contributed by atoms with Crippen LogP contribution in [0.1, 0.15) is 37.5 Å². The fourth-order valence-electron chi connectivity index (χ4n) is 2.16. The van der Waals surface area contributed by atoms with Crippen molar-refractivity contribution in [2.45, 2.75) is 39.7 Å². The monoisotopic (exact) mass is 458 g/mol. The van der Waals surface area contributed by atoms with Gasteiger partial charge in [0.1, 0.15) is 5.75 Å². The Bertz CT molecular complexity index is 605. The lowest BCUT2D eigenvalue weighted by Gasteiger charge is -2.14. The highest BCUT2D eigenvalue weighted by atomic mass is 127. The number of aryl methyl sites for hydroxylation is 1. The van der Waals surface area contributed by atoms with E-state index < -0.39 is 0 Å². The van der Waals surface area contributed by atoms with Gasteiger partial charge in [0.05, 0.1) is 9.67 Å². The molecule has 0 unspecified atom stereocenters. The van der Waals surface area contributed by atoms with Crippen molar-refractivity contribution in [3.05, 3.63) is 61.1 Å². The van der Waals surface area contributed by atoms with Crippen LogP contribution in [0.5, 0.6) is 5.75 Å². The first-order valence-corrected chi connectivity index (χ1v) is 9.09. The third kappa shape index (κ3) is 4.71. The van der Waals surface area contributed by atoms with Crippen LogP contribution < -0.4 is 4.74 Å². The van der Waals surface area contributed by atoms with Gasteiger partial charge in [0, 0.05) is 4.47 Å². The SMILES string of the molecule is CCc1ccc(Cc2cc(I)c(OC(C)C)cc2Br)cc1. The molecule has 0 bridgehead atoms. The Hall–Kier alpha value is -0.550. The molecular weight excluding hydrogens is 439 g/mol. The number of halogens is 2. The van der Waals surface area contributed by atoms with Crippen LogP contribution in [-0.2, 0) is 12.8 Å². The Morgan fingerprint density at radius 2 is 1.71 bits per heavy atom. The van der Waals surface area contributed by atoms with E-state index >= 15 is 0 Å². The van der Waals surface area contributed by atoms with Gasteiger partial charge in [-0.15, -0.1) is 0 Å². The summed E-state index contributed by atoms with van der Waals surface area (Å²) in [6, 6.07) is 13.1. The Labute approximate surface area is 149 Å². The summed E-state index contributed by atoms with van der Waals surface area (Å²) in [4.78, 5) is 0. The second-order valence-corrected chi connectivity index (χ2v) is 7.40. The minimum atomic E-state index is 0.192. The van der Waals surface area contributed by atoms with Gasteiger partial charge in [-0.2, -0.15) is 0 Å². The predicted molar refractivity (Wildman–Crippen MR) is 101 cm³/mol. The van der Waals surface area contributed by atoms with Crippen molar-refractivity contribution >= 4 is 38.5 Å². The predicted octanol–water partition coefficient (Wildman–Crippen LogP) is 5.99. The van der Waals surface area contributed by atoms with E-state index in [-0.39, 0.29) is 6.10 Å².